The number of nitro benzene ring substituents is 1. The first-order valence-corrected chi connectivity index (χ1v) is 5.55. The highest BCUT2D eigenvalue weighted by molar-refractivity contribution is 8.02. The van der Waals surface area contributed by atoms with Crippen LogP contribution in [0.3, 0.4) is 0 Å². The van der Waals surface area contributed by atoms with E-state index in [2.05, 4.69) is 14.4 Å². The Kier molecular flexibility index (Phi) is 2.07. The molecule has 0 bridgehead atoms. The fourth-order valence-corrected chi connectivity index (χ4v) is 2.45. The third-order valence-corrected chi connectivity index (χ3v) is 3.11. The minimum atomic E-state index is -0.620. The summed E-state index contributed by atoms with van der Waals surface area (Å²) in [4.78, 5) is 23.9. The molecule has 10 heteroatoms. The number of hydrogen-bond acceptors (Lipinski definition) is 7. The number of aromatic amines is 1. The quantitative estimate of drug-likeness (QED) is 0.225. The zero-order valence-corrected chi connectivity index (χ0v) is 9.41. The second kappa shape index (κ2) is 3.50. The minimum absolute atomic E-state index is 0.111. The van der Waals surface area contributed by atoms with E-state index >= 15 is 0 Å². The third-order valence-electron chi connectivity index (χ3n) is 2.49. The topological polar surface area (TPSA) is 127 Å². The monoisotopic (exact) mass is 267 g/mol. The molecule has 0 fully saturated rings. The standard InChI is InChI=1S/C8H5N5O4S/c14-5-2-12(15)8-3(9-5)1-4(13(16)17)6-7(8)11-18-10-6/h1-2,10-11H,(H,9,14). The second-order valence-corrected chi connectivity index (χ2v) is 4.16. The summed E-state index contributed by atoms with van der Waals surface area (Å²) in [6.45, 7) is 0. The molecule has 1 aromatic heterocycles. The number of H-pyrrole nitrogens is 1. The smallest absolute Gasteiger partial charge is 0.314 e. The Morgan fingerprint density at radius 2 is 2.06 bits per heavy atom. The molecule has 18 heavy (non-hydrogen) atoms. The van der Waals surface area contributed by atoms with E-state index in [0.29, 0.717) is 4.73 Å². The van der Waals surface area contributed by atoms with Crippen molar-refractivity contribution >= 4 is 40.2 Å². The van der Waals surface area contributed by atoms with Gasteiger partial charge in [-0.25, -0.2) is 0 Å². The van der Waals surface area contributed by atoms with Crippen LogP contribution in [0.4, 0.5) is 17.1 Å². The van der Waals surface area contributed by atoms with Crippen LogP contribution < -0.4 is 19.7 Å². The number of nitrogens with zero attached hydrogens (tertiary/aromatic N) is 2. The van der Waals surface area contributed by atoms with Crippen molar-refractivity contribution in [3.05, 3.63) is 37.9 Å². The Balaban J connectivity index is 2.50. The van der Waals surface area contributed by atoms with Gasteiger partial charge in [0.05, 0.1) is 17.1 Å². The van der Waals surface area contributed by atoms with E-state index in [1.807, 2.05) is 0 Å². The highest BCUT2D eigenvalue weighted by Gasteiger charge is 2.30. The van der Waals surface area contributed by atoms with Gasteiger partial charge in [0.1, 0.15) is 5.52 Å². The van der Waals surface area contributed by atoms with Gasteiger partial charge in [0, 0.05) is 6.07 Å². The number of anilines is 2. The van der Waals surface area contributed by atoms with Crippen LogP contribution in [-0.4, -0.2) is 9.91 Å². The van der Waals surface area contributed by atoms with E-state index in [1.165, 1.54) is 0 Å². The van der Waals surface area contributed by atoms with Crippen LogP contribution in [0, 0.1) is 15.3 Å². The average Bonchev–Trinajstić information content (AvgIpc) is 2.75. The zero-order chi connectivity index (χ0) is 12.9. The molecule has 3 N–H and O–H groups in total. The van der Waals surface area contributed by atoms with Crippen LogP contribution in [-0.2, 0) is 0 Å². The van der Waals surface area contributed by atoms with Crippen molar-refractivity contribution in [3.63, 3.8) is 0 Å². The first-order valence-electron chi connectivity index (χ1n) is 4.73. The number of nitro groups is 1. The first-order chi connectivity index (χ1) is 8.58. The van der Waals surface area contributed by atoms with Gasteiger partial charge in [-0.05, 0) is 0 Å². The van der Waals surface area contributed by atoms with Gasteiger partial charge in [-0.3, -0.25) is 14.9 Å². The molecule has 0 saturated heterocycles. The van der Waals surface area contributed by atoms with Gasteiger partial charge < -0.3 is 19.6 Å². The second-order valence-electron chi connectivity index (χ2n) is 3.55. The van der Waals surface area contributed by atoms with E-state index in [9.17, 15) is 20.1 Å². The molecule has 2 heterocycles. The molecular weight excluding hydrogens is 262 g/mol. The Labute approximate surface area is 103 Å². The van der Waals surface area contributed by atoms with E-state index in [4.69, 9.17) is 0 Å². The molecule has 92 valence electrons. The molecule has 1 aromatic carbocycles. The van der Waals surface area contributed by atoms with Gasteiger partial charge in [-0.15, -0.1) is 0 Å². The van der Waals surface area contributed by atoms with E-state index in [0.717, 1.165) is 24.4 Å². The molecule has 3 rings (SSSR count). The maximum atomic E-state index is 11.7. The number of nitrogens with one attached hydrogen (secondary N) is 3. The number of hydrogen-bond donors (Lipinski definition) is 3. The number of benzene rings is 1. The van der Waals surface area contributed by atoms with Crippen molar-refractivity contribution in [1.82, 2.24) is 4.98 Å². The van der Waals surface area contributed by atoms with E-state index in [-0.39, 0.29) is 28.1 Å². The van der Waals surface area contributed by atoms with Crippen molar-refractivity contribution in [2.24, 2.45) is 0 Å². The molecule has 0 radical (unpaired) electrons. The van der Waals surface area contributed by atoms with Gasteiger partial charge in [0.2, 0.25) is 6.20 Å². The lowest BCUT2D eigenvalue weighted by atomic mass is 10.2. The Morgan fingerprint density at radius 1 is 1.33 bits per heavy atom. The molecular formula is C8H5N5O4S. The van der Waals surface area contributed by atoms with Crippen LogP contribution in [0.2, 0.25) is 0 Å². The Hall–Kier alpha value is -2.49. The summed E-state index contributed by atoms with van der Waals surface area (Å²) in [5.74, 6) is 0. The summed E-state index contributed by atoms with van der Waals surface area (Å²) in [6, 6.07) is 1.16. The van der Waals surface area contributed by atoms with Gasteiger partial charge >= 0.3 is 5.56 Å². The van der Waals surface area contributed by atoms with E-state index < -0.39 is 10.5 Å². The molecule has 1 aliphatic heterocycles. The summed E-state index contributed by atoms with van der Waals surface area (Å²) >= 11 is 1.01. The molecule has 0 unspecified atom stereocenters. The molecule has 2 aromatic rings. The molecule has 0 atom stereocenters. The molecule has 0 amide bonds. The molecule has 0 saturated carbocycles. The van der Waals surface area contributed by atoms with Crippen molar-refractivity contribution in [3.8, 4) is 0 Å². The first kappa shape index (κ1) is 10.7. The van der Waals surface area contributed by atoms with Crippen LogP contribution in [0.1, 0.15) is 0 Å². The van der Waals surface area contributed by atoms with Crippen molar-refractivity contribution < 1.29 is 9.65 Å². The predicted octanol–water partition coefficient (Wildman–Crippen LogP) is 0.470. The molecule has 0 aliphatic carbocycles. The fraction of sp³-hybridized carbons (Fsp3) is 0. The van der Waals surface area contributed by atoms with Crippen LogP contribution in [0.15, 0.2) is 17.1 Å². The van der Waals surface area contributed by atoms with Crippen LogP contribution >= 0.6 is 12.1 Å². The Bertz CT molecular complexity index is 742. The van der Waals surface area contributed by atoms with Gasteiger partial charge in [0.15, 0.2) is 11.4 Å². The van der Waals surface area contributed by atoms with Crippen LogP contribution in [0.25, 0.3) is 11.0 Å². The maximum absolute atomic E-state index is 11.7. The number of fused-ring (bicyclic) bond motifs is 3. The lowest BCUT2D eigenvalue weighted by Crippen LogP contribution is -2.33. The van der Waals surface area contributed by atoms with Crippen molar-refractivity contribution in [2.75, 3.05) is 9.44 Å². The predicted molar refractivity (Wildman–Crippen MR) is 65.0 cm³/mol. The van der Waals surface area contributed by atoms with Gasteiger partial charge in [-0.2, -0.15) is 4.73 Å². The van der Waals surface area contributed by atoms with E-state index in [1.54, 1.807) is 0 Å². The van der Waals surface area contributed by atoms with Crippen molar-refractivity contribution in [1.29, 1.82) is 0 Å². The highest BCUT2D eigenvalue weighted by atomic mass is 32.2. The average molecular weight is 267 g/mol. The summed E-state index contributed by atoms with van der Waals surface area (Å²) in [7, 11) is 0. The number of aromatic nitrogens is 2. The summed E-state index contributed by atoms with van der Waals surface area (Å²) in [5, 5.41) is 22.6. The lowest BCUT2D eigenvalue weighted by Gasteiger charge is -2.05. The summed E-state index contributed by atoms with van der Waals surface area (Å²) in [6.07, 6.45) is 0.832. The maximum Gasteiger partial charge on any atom is 0.314 e. The SMILES string of the molecule is O=c1c[n+]([O-])c2c3c(c([N+](=O)[O-])cc2[nH]1)NSN3. The fourth-order valence-electron chi connectivity index (χ4n) is 1.79. The highest BCUT2D eigenvalue weighted by Crippen LogP contribution is 2.43. The number of rotatable bonds is 1. The third kappa shape index (κ3) is 1.35. The normalized spacial score (nSPS) is 12.9. The molecule has 0 spiro atoms. The summed E-state index contributed by atoms with van der Waals surface area (Å²) < 4.78 is 5.85. The zero-order valence-electron chi connectivity index (χ0n) is 8.59. The van der Waals surface area contributed by atoms with Gasteiger partial charge in [-0.1, -0.05) is 0 Å². The van der Waals surface area contributed by atoms with Crippen molar-refractivity contribution in [2.45, 2.75) is 0 Å². The summed E-state index contributed by atoms with van der Waals surface area (Å²) in [5.41, 5.74) is -0.0701. The lowest BCUT2D eigenvalue weighted by molar-refractivity contribution is -0.577. The van der Waals surface area contributed by atoms with Crippen LogP contribution in [0.5, 0.6) is 0 Å². The largest absolute Gasteiger partial charge is 0.618 e. The minimum Gasteiger partial charge on any atom is -0.618 e. The molecule has 9 nitrogen and oxygen atoms in total. The molecule has 1 aliphatic rings. The Morgan fingerprint density at radius 3 is 2.78 bits per heavy atom. The van der Waals surface area contributed by atoms with Gasteiger partial charge in [0.25, 0.3) is 11.2 Å².